The maximum atomic E-state index is 13.4. The quantitative estimate of drug-likeness (QED) is 0.163. The molecule has 12 nitrogen and oxygen atoms in total. The van der Waals surface area contributed by atoms with Gasteiger partial charge in [-0.3, -0.25) is 18.7 Å². The number of benzene rings is 4. The fraction of sp³-hybridized carbons (Fsp3) is 0.333. The number of fused-ring (bicyclic) bond motifs is 6. The van der Waals surface area contributed by atoms with Crippen LogP contribution in [0.5, 0.6) is 0 Å². The molecule has 0 radical (unpaired) electrons. The molecule has 2 aliphatic heterocycles. The largest absolute Gasteiger partial charge is 0.341 e. The Labute approximate surface area is 361 Å². The van der Waals surface area contributed by atoms with Crippen molar-refractivity contribution in [2.24, 2.45) is 0 Å². The van der Waals surface area contributed by atoms with Crippen LogP contribution in [0.3, 0.4) is 0 Å². The second-order valence-corrected chi connectivity index (χ2v) is 17.0. The first-order valence-corrected chi connectivity index (χ1v) is 21.8. The molecule has 0 atom stereocenters. The zero-order chi connectivity index (χ0) is 41.3. The van der Waals surface area contributed by atoms with E-state index in [0.29, 0.717) is 50.5 Å². The van der Waals surface area contributed by atoms with Gasteiger partial charge in [-0.15, -0.1) is 20.4 Å². The van der Waals surface area contributed by atoms with Gasteiger partial charge in [0.05, 0.1) is 34.9 Å². The van der Waals surface area contributed by atoms with Crippen LogP contribution in [0.1, 0.15) is 68.1 Å². The highest BCUT2D eigenvalue weighted by Crippen LogP contribution is 2.27. The average molecular weight is 864 g/mol. The minimum atomic E-state index is -0.158. The number of aromatic nitrogens is 8. The molecule has 308 valence electrons. The van der Waals surface area contributed by atoms with Gasteiger partial charge >= 0.3 is 0 Å². The third kappa shape index (κ3) is 7.84. The highest BCUT2D eigenvalue weighted by atomic mass is 35.5. The molecule has 6 heterocycles. The second kappa shape index (κ2) is 17.3. The molecular weight excluding hydrogens is 819 g/mol. The molecule has 4 aromatic carbocycles. The zero-order valence-electron chi connectivity index (χ0n) is 33.4. The molecule has 15 heteroatoms. The van der Waals surface area contributed by atoms with Crippen LogP contribution in [0.25, 0.3) is 33.4 Å². The second-order valence-electron chi connectivity index (χ2n) is 15.8. The van der Waals surface area contributed by atoms with Crippen molar-refractivity contribution >= 4 is 80.1 Å². The smallest absolute Gasteiger partial charge is 0.263 e. The van der Waals surface area contributed by atoms with Crippen molar-refractivity contribution in [3.05, 3.63) is 137 Å². The Hall–Kier alpha value is -5.43. The van der Waals surface area contributed by atoms with Crippen LogP contribution in [0.2, 0.25) is 15.1 Å². The Morgan fingerprint density at radius 3 is 1.48 bits per heavy atom. The van der Waals surface area contributed by atoms with E-state index in [1.165, 1.54) is 31.2 Å². The lowest BCUT2D eigenvalue weighted by Gasteiger charge is -2.21. The normalized spacial score (nSPS) is 15.1. The molecule has 0 spiro atoms. The Kier molecular flexibility index (Phi) is 11.5. The molecule has 0 unspecified atom stereocenters. The van der Waals surface area contributed by atoms with E-state index in [9.17, 15) is 9.59 Å². The molecule has 4 aromatic heterocycles. The molecule has 0 amide bonds. The van der Waals surface area contributed by atoms with Gasteiger partial charge in [0.25, 0.3) is 11.1 Å². The van der Waals surface area contributed by atoms with Crippen LogP contribution in [0.4, 0.5) is 11.9 Å². The first kappa shape index (κ1) is 40.0. The van der Waals surface area contributed by atoms with Crippen LogP contribution in [-0.4, -0.2) is 64.5 Å². The maximum Gasteiger partial charge on any atom is 0.263 e. The summed E-state index contributed by atoms with van der Waals surface area (Å²) in [4.78, 5) is 31.4. The fourth-order valence-corrected chi connectivity index (χ4v) is 8.99. The van der Waals surface area contributed by atoms with Gasteiger partial charge in [0.2, 0.25) is 23.5 Å². The molecule has 8 aromatic rings. The summed E-state index contributed by atoms with van der Waals surface area (Å²) >= 11 is 18.9. The summed E-state index contributed by atoms with van der Waals surface area (Å²) < 4.78 is 7.34. The minimum absolute atomic E-state index is 0.101. The van der Waals surface area contributed by atoms with E-state index in [4.69, 9.17) is 34.8 Å². The van der Waals surface area contributed by atoms with Gasteiger partial charge in [-0.05, 0) is 86.2 Å². The standard InChI is InChI=1S/C23H24ClN5O.C22H21Cl2N5O/c1-16-6-8-17(9-7-16)15-28-21(30)19-14-18(24)10-11-20(19)29-22(25-26-23(28)29)27-12-4-2-3-5-13-27;23-16-9-10-19-17(13-16)20(30)28(14-15-7-3-4-8-18(15)24)22-26-25-21(29(19)22)27-11-5-1-2-6-12-27/h6-11,14H,2-5,12-13,15H2,1H3;3-4,7-10,13H,1-2,5-6,11-12,14H2. The van der Waals surface area contributed by atoms with Gasteiger partial charge in [0, 0.05) is 41.2 Å². The summed E-state index contributed by atoms with van der Waals surface area (Å²) in [5.74, 6) is 2.65. The van der Waals surface area contributed by atoms with Crippen molar-refractivity contribution < 1.29 is 0 Å². The van der Waals surface area contributed by atoms with Gasteiger partial charge in [0.1, 0.15) is 0 Å². The number of hydrogen-bond acceptors (Lipinski definition) is 8. The van der Waals surface area contributed by atoms with Crippen molar-refractivity contribution in [3.8, 4) is 0 Å². The van der Waals surface area contributed by atoms with Crippen molar-refractivity contribution in [3.63, 3.8) is 0 Å². The summed E-state index contributed by atoms with van der Waals surface area (Å²) in [5, 5.41) is 20.8. The number of aryl methyl sites for hydroxylation is 1. The summed E-state index contributed by atoms with van der Waals surface area (Å²) in [5.41, 5.74) is 4.38. The van der Waals surface area contributed by atoms with Crippen LogP contribution in [-0.2, 0) is 13.1 Å². The Bertz CT molecular complexity index is 2960. The van der Waals surface area contributed by atoms with Crippen LogP contribution in [0.15, 0.2) is 94.5 Å². The Morgan fingerprint density at radius 2 is 1.00 bits per heavy atom. The van der Waals surface area contributed by atoms with E-state index in [1.54, 1.807) is 27.3 Å². The van der Waals surface area contributed by atoms with E-state index in [1.807, 2.05) is 63.4 Å². The number of hydrogen-bond donors (Lipinski definition) is 0. The predicted octanol–water partition coefficient (Wildman–Crippen LogP) is 9.21. The molecule has 0 aliphatic carbocycles. The van der Waals surface area contributed by atoms with Crippen molar-refractivity contribution in [1.82, 2.24) is 38.3 Å². The summed E-state index contributed by atoms with van der Waals surface area (Å²) in [6.45, 7) is 6.56. The van der Waals surface area contributed by atoms with Crippen LogP contribution in [0, 0.1) is 6.92 Å². The number of halogens is 3. The van der Waals surface area contributed by atoms with Crippen molar-refractivity contribution in [2.45, 2.75) is 71.4 Å². The van der Waals surface area contributed by atoms with Gasteiger partial charge in [0.15, 0.2) is 0 Å². The summed E-state index contributed by atoms with van der Waals surface area (Å²) in [6, 6.07) is 26.6. The van der Waals surface area contributed by atoms with E-state index in [0.717, 1.165) is 85.9 Å². The molecule has 0 N–H and O–H groups in total. The first-order chi connectivity index (χ1) is 29.2. The lowest BCUT2D eigenvalue weighted by molar-refractivity contribution is 0.726. The topological polar surface area (TPSA) is 111 Å². The first-order valence-electron chi connectivity index (χ1n) is 20.7. The molecule has 2 fully saturated rings. The van der Waals surface area contributed by atoms with E-state index >= 15 is 0 Å². The molecule has 2 saturated heterocycles. The Morgan fingerprint density at radius 1 is 0.533 bits per heavy atom. The van der Waals surface area contributed by atoms with E-state index in [2.05, 4.69) is 49.3 Å². The molecule has 10 rings (SSSR count). The summed E-state index contributed by atoms with van der Waals surface area (Å²) in [6.07, 6.45) is 9.45. The lowest BCUT2D eigenvalue weighted by Crippen LogP contribution is -2.28. The zero-order valence-corrected chi connectivity index (χ0v) is 35.7. The highest BCUT2D eigenvalue weighted by molar-refractivity contribution is 6.32. The van der Waals surface area contributed by atoms with Gasteiger partial charge in [-0.25, -0.2) is 8.80 Å². The molecule has 0 saturated carbocycles. The fourth-order valence-electron chi connectivity index (χ4n) is 8.45. The number of anilines is 2. The monoisotopic (exact) mass is 862 g/mol. The molecular formula is C45H45Cl3N10O2. The average Bonchev–Trinajstić information content (AvgIpc) is 3.66. The third-order valence-electron chi connectivity index (χ3n) is 11.6. The Balaban J connectivity index is 0.000000154. The van der Waals surface area contributed by atoms with E-state index < -0.39 is 0 Å². The van der Waals surface area contributed by atoms with Gasteiger partial charge < -0.3 is 9.80 Å². The highest BCUT2D eigenvalue weighted by Gasteiger charge is 2.24. The molecule has 60 heavy (non-hydrogen) atoms. The van der Waals surface area contributed by atoms with Crippen molar-refractivity contribution in [2.75, 3.05) is 36.0 Å². The predicted molar refractivity (Wildman–Crippen MR) is 242 cm³/mol. The summed E-state index contributed by atoms with van der Waals surface area (Å²) in [7, 11) is 0. The molecule has 2 aliphatic rings. The number of rotatable bonds is 6. The number of nitrogens with zero attached hydrogens (tertiary/aromatic N) is 10. The maximum absolute atomic E-state index is 13.4. The SMILES string of the molecule is Cc1ccc(Cn2c(=O)c3cc(Cl)ccc3n3c(N4CCCCCC4)nnc23)cc1.O=c1c2cc(Cl)ccc2n2c(N3CCCCCC3)nnc2n1Cc1ccccc1Cl. The van der Waals surface area contributed by atoms with Gasteiger partial charge in [-0.1, -0.05) is 109 Å². The molecule has 0 bridgehead atoms. The third-order valence-corrected chi connectivity index (χ3v) is 12.5. The lowest BCUT2D eigenvalue weighted by atomic mass is 10.1. The van der Waals surface area contributed by atoms with E-state index in [-0.39, 0.29) is 11.1 Å². The van der Waals surface area contributed by atoms with Crippen LogP contribution < -0.4 is 20.9 Å². The minimum Gasteiger partial charge on any atom is -0.341 e. The van der Waals surface area contributed by atoms with Gasteiger partial charge in [-0.2, -0.15) is 0 Å². The van der Waals surface area contributed by atoms with Crippen LogP contribution >= 0.6 is 34.8 Å². The van der Waals surface area contributed by atoms with Crippen molar-refractivity contribution in [1.29, 1.82) is 0 Å².